The first-order valence-corrected chi connectivity index (χ1v) is 5.90. The van der Waals surface area contributed by atoms with E-state index in [2.05, 4.69) is 21.2 Å². The molecule has 1 aliphatic rings. The molecule has 0 unspecified atom stereocenters. The van der Waals surface area contributed by atoms with Crippen molar-refractivity contribution in [2.45, 2.75) is 23.5 Å². The highest BCUT2D eigenvalue weighted by atomic mass is 79.9. The summed E-state index contributed by atoms with van der Waals surface area (Å²) >= 11 is 5.07. The van der Waals surface area contributed by atoms with Crippen LogP contribution in [0.15, 0.2) is 27.6 Å². The summed E-state index contributed by atoms with van der Waals surface area (Å²) in [5.41, 5.74) is 0.897. The highest BCUT2D eigenvalue weighted by molar-refractivity contribution is 9.10. The van der Waals surface area contributed by atoms with E-state index in [1.165, 1.54) is 0 Å². The zero-order valence-corrected chi connectivity index (χ0v) is 10.3. The minimum atomic E-state index is -0.392. The first-order valence-electron chi connectivity index (χ1n) is 4.30. The van der Waals surface area contributed by atoms with Gasteiger partial charge in [-0.2, -0.15) is 0 Å². The lowest BCUT2D eigenvalue weighted by molar-refractivity contribution is -0.117. The number of halogens is 1. The number of benzene rings is 1. The van der Waals surface area contributed by atoms with Crippen molar-refractivity contribution in [2.24, 2.45) is 0 Å². The maximum Gasteiger partial charge on any atom is 0.240 e. The van der Waals surface area contributed by atoms with Crippen molar-refractivity contribution in [3.8, 4) is 0 Å². The van der Waals surface area contributed by atoms with Crippen LogP contribution in [0.5, 0.6) is 0 Å². The number of amides is 1. The van der Waals surface area contributed by atoms with Gasteiger partial charge in [-0.25, -0.2) is 0 Å². The third-order valence-corrected chi connectivity index (χ3v) is 4.38. The third-order valence-electron chi connectivity index (χ3n) is 2.12. The van der Waals surface area contributed by atoms with Crippen LogP contribution in [0.3, 0.4) is 0 Å². The molecule has 0 radical (unpaired) electrons. The summed E-state index contributed by atoms with van der Waals surface area (Å²) in [6.45, 7) is 3.85. The average Bonchev–Trinajstić information content (AvgIpc) is 2.09. The molecule has 0 aromatic heterocycles. The van der Waals surface area contributed by atoms with Crippen LogP contribution in [0.2, 0.25) is 0 Å². The minimum Gasteiger partial charge on any atom is -0.324 e. The predicted molar refractivity (Wildman–Crippen MR) is 62.7 cm³/mol. The van der Waals surface area contributed by atoms with Crippen molar-refractivity contribution in [1.82, 2.24) is 0 Å². The predicted octanol–water partition coefficient (Wildman–Crippen LogP) is 3.27. The molecule has 0 bridgehead atoms. The number of hydrogen-bond donors (Lipinski definition) is 1. The van der Waals surface area contributed by atoms with Gasteiger partial charge in [0, 0.05) is 9.37 Å². The topological polar surface area (TPSA) is 29.1 Å². The minimum absolute atomic E-state index is 0.0631. The first-order chi connectivity index (χ1) is 6.50. The fourth-order valence-corrected chi connectivity index (χ4v) is 2.94. The Balaban J connectivity index is 2.51. The van der Waals surface area contributed by atoms with Gasteiger partial charge in [0.15, 0.2) is 0 Å². The van der Waals surface area contributed by atoms with Crippen LogP contribution in [0, 0.1) is 0 Å². The van der Waals surface area contributed by atoms with Gasteiger partial charge in [-0.05, 0) is 41.9 Å². The Morgan fingerprint density at radius 3 is 2.86 bits per heavy atom. The van der Waals surface area contributed by atoms with Gasteiger partial charge in [-0.15, -0.1) is 11.8 Å². The Morgan fingerprint density at radius 2 is 2.14 bits per heavy atom. The molecule has 4 heteroatoms. The average molecular weight is 272 g/mol. The van der Waals surface area contributed by atoms with Crippen molar-refractivity contribution in [2.75, 3.05) is 5.32 Å². The van der Waals surface area contributed by atoms with Crippen molar-refractivity contribution < 1.29 is 4.79 Å². The molecule has 0 saturated carbocycles. The number of rotatable bonds is 0. The Hall–Kier alpha value is -0.480. The second-order valence-electron chi connectivity index (χ2n) is 3.68. The molecule has 14 heavy (non-hydrogen) atoms. The van der Waals surface area contributed by atoms with Crippen molar-refractivity contribution >= 4 is 39.3 Å². The zero-order chi connectivity index (χ0) is 10.3. The monoisotopic (exact) mass is 271 g/mol. The lowest BCUT2D eigenvalue weighted by Gasteiger charge is -2.30. The molecule has 2 rings (SSSR count). The Labute approximate surface area is 95.6 Å². The van der Waals surface area contributed by atoms with Gasteiger partial charge in [-0.1, -0.05) is 6.07 Å². The lowest BCUT2D eigenvalue weighted by Crippen LogP contribution is -2.37. The van der Waals surface area contributed by atoms with E-state index in [1.54, 1.807) is 11.8 Å². The molecule has 2 nitrogen and oxygen atoms in total. The molecule has 0 saturated heterocycles. The maximum absolute atomic E-state index is 11.6. The largest absolute Gasteiger partial charge is 0.324 e. The molecule has 1 amide bonds. The molecule has 0 spiro atoms. The molecule has 1 aromatic carbocycles. The van der Waals surface area contributed by atoms with Gasteiger partial charge < -0.3 is 5.32 Å². The van der Waals surface area contributed by atoms with E-state index in [0.29, 0.717) is 0 Å². The fourth-order valence-electron chi connectivity index (χ4n) is 1.29. The lowest BCUT2D eigenvalue weighted by atomic mass is 10.2. The highest BCUT2D eigenvalue weighted by Gasteiger charge is 2.35. The number of thioether (sulfide) groups is 1. The standard InChI is InChI=1S/C10H10BrNOS/c1-10(2)9(13)12-7-5-3-4-6(11)8(7)14-10/h3-5H,1-2H3,(H,12,13). The number of fused-ring (bicyclic) bond motifs is 1. The summed E-state index contributed by atoms with van der Waals surface area (Å²) in [7, 11) is 0. The molecule has 1 aromatic rings. The SMILES string of the molecule is CC1(C)Sc2c(Br)cccc2NC1=O. The summed E-state index contributed by atoms with van der Waals surface area (Å²) < 4.78 is 0.643. The van der Waals surface area contributed by atoms with Crippen LogP contribution < -0.4 is 5.32 Å². The van der Waals surface area contributed by atoms with E-state index in [4.69, 9.17) is 0 Å². The van der Waals surface area contributed by atoms with E-state index in [9.17, 15) is 4.79 Å². The van der Waals surface area contributed by atoms with Crippen molar-refractivity contribution in [3.63, 3.8) is 0 Å². The van der Waals surface area contributed by atoms with Gasteiger partial charge in [0.2, 0.25) is 5.91 Å². The summed E-state index contributed by atoms with van der Waals surface area (Å²) in [6.07, 6.45) is 0. The van der Waals surface area contributed by atoms with Crippen LogP contribution in [-0.2, 0) is 4.79 Å². The van der Waals surface area contributed by atoms with Crippen LogP contribution >= 0.6 is 27.7 Å². The molecular weight excluding hydrogens is 262 g/mol. The first kappa shape index (κ1) is 10.1. The maximum atomic E-state index is 11.6. The molecule has 74 valence electrons. The van der Waals surface area contributed by atoms with Gasteiger partial charge in [0.1, 0.15) is 0 Å². The molecule has 0 atom stereocenters. The molecule has 0 aliphatic carbocycles. The Morgan fingerprint density at radius 1 is 1.43 bits per heavy atom. The molecule has 0 fully saturated rings. The summed E-state index contributed by atoms with van der Waals surface area (Å²) in [5.74, 6) is 0.0631. The van der Waals surface area contributed by atoms with Gasteiger partial charge in [-0.3, -0.25) is 4.79 Å². The van der Waals surface area contributed by atoms with E-state index in [-0.39, 0.29) is 5.91 Å². The Kier molecular flexibility index (Phi) is 2.35. The summed E-state index contributed by atoms with van der Waals surface area (Å²) in [6, 6.07) is 5.82. The summed E-state index contributed by atoms with van der Waals surface area (Å²) in [5, 5.41) is 2.90. The fraction of sp³-hybridized carbons (Fsp3) is 0.300. The van der Waals surface area contributed by atoms with Crippen LogP contribution in [0.1, 0.15) is 13.8 Å². The number of anilines is 1. The Bertz CT molecular complexity index is 403. The number of nitrogens with one attached hydrogen (secondary N) is 1. The van der Waals surface area contributed by atoms with Crippen molar-refractivity contribution in [3.05, 3.63) is 22.7 Å². The molecule has 1 heterocycles. The zero-order valence-electron chi connectivity index (χ0n) is 7.93. The van der Waals surface area contributed by atoms with Crippen LogP contribution in [0.25, 0.3) is 0 Å². The van der Waals surface area contributed by atoms with Gasteiger partial charge in [0.05, 0.1) is 10.4 Å². The van der Waals surface area contributed by atoms with E-state index in [0.717, 1.165) is 15.1 Å². The quantitative estimate of drug-likeness (QED) is 0.785. The summed E-state index contributed by atoms with van der Waals surface area (Å²) in [4.78, 5) is 12.8. The van der Waals surface area contributed by atoms with Crippen molar-refractivity contribution in [1.29, 1.82) is 0 Å². The smallest absolute Gasteiger partial charge is 0.240 e. The normalized spacial score (nSPS) is 18.6. The van der Waals surface area contributed by atoms with Gasteiger partial charge >= 0.3 is 0 Å². The third kappa shape index (κ3) is 1.57. The number of carbonyl (C=O) groups is 1. The molecule has 1 aliphatic heterocycles. The van der Waals surface area contributed by atoms with E-state index < -0.39 is 4.75 Å². The van der Waals surface area contributed by atoms with Gasteiger partial charge in [0.25, 0.3) is 0 Å². The molecule has 1 N–H and O–H groups in total. The second-order valence-corrected chi connectivity index (χ2v) is 6.17. The van der Waals surface area contributed by atoms with Crippen LogP contribution in [0.4, 0.5) is 5.69 Å². The van der Waals surface area contributed by atoms with E-state index >= 15 is 0 Å². The number of carbonyl (C=O) groups excluding carboxylic acids is 1. The second kappa shape index (κ2) is 3.28. The molecular formula is C10H10BrNOS. The number of hydrogen-bond acceptors (Lipinski definition) is 2. The van der Waals surface area contributed by atoms with Crippen LogP contribution in [-0.4, -0.2) is 10.7 Å². The van der Waals surface area contributed by atoms with E-state index in [1.807, 2.05) is 32.0 Å². The highest BCUT2D eigenvalue weighted by Crippen LogP contribution is 2.45.